The first-order valence-electron chi connectivity index (χ1n) is 4.16. The Balaban J connectivity index is 2.48. The number of hydrogen-bond donors (Lipinski definition) is 1. The zero-order valence-corrected chi connectivity index (χ0v) is 7.03. The molecule has 1 aromatic heterocycles. The van der Waals surface area contributed by atoms with Crippen molar-refractivity contribution in [1.82, 2.24) is 4.98 Å². The second-order valence-corrected chi connectivity index (χ2v) is 3.01. The van der Waals surface area contributed by atoms with Crippen LogP contribution in [0.4, 0.5) is 0 Å². The number of aromatic carboxylic acids is 1. The normalized spacial score (nSPS) is 13.8. The summed E-state index contributed by atoms with van der Waals surface area (Å²) in [7, 11) is 0. The number of nitrogens with zero attached hydrogens (tertiary/aromatic N) is 1. The molecule has 66 valence electrons. The number of carboxylic acid groups (broad SMARTS) is 1. The Hall–Kier alpha value is -1.64. The van der Waals surface area contributed by atoms with Gasteiger partial charge >= 0.3 is 5.97 Å². The Morgan fingerprint density at radius 1 is 1.54 bits per heavy atom. The van der Waals surface area contributed by atoms with Crippen molar-refractivity contribution in [2.75, 3.05) is 0 Å². The van der Waals surface area contributed by atoms with E-state index in [1.54, 1.807) is 6.07 Å². The van der Waals surface area contributed by atoms with E-state index < -0.39 is 5.97 Å². The fourth-order valence-corrected chi connectivity index (χ4v) is 1.41. The van der Waals surface area contributed by atoms with Gasteiger partial charge in [-0.3, -0.25) is 4.98 Å². The Kier molecular flexibility index (Phi) is 1.85. The van der Waals surface area contributed by atoms with E-state index in [1.165, 1.54) is 6.20 Å². The van der Waals surface area contributed by atoms with Gasteiger partial charge in [0.15, 0.2) is 0 Å². The van der Waals surface area contributed by atoms with Crippen molar-refractivity contribution in [2.24, 2.45) is 0 Å². The van der Waals surface area contributed by atoms with E-state index >= 15 is 0 Å². The molecular formula is C10H9NO2. The molecular weight excluding hydrogens is 166 g/mol. The van der Waals surface area contributed by atoms with Gasteiger partial charge in [-0.2, -0.15) is 0 Å². The van der Waals surface area contributed by atoms with Crippen LogP contribution in [0.5, 0.6) is 0 Å². The van der Waals surface area contributed by atoms with Crippen LogP contribution < -0.4 is 0 Å². The van der Waals surface area contributed by atoms with Gasteiger partial charge in [0.25, 0.3) is 0 Å². The Bertz CT molecular complexity index is 383. The van der Waals surface area contributed by atoms with Gasteiger partial charge in [-0.25, -0.2) is 4.79 Å². The molecule has 0 spiro atoms. The van der Waals surface area contributed by atoms with Gasteiger partial charge < -0.3 is 5.11 Å². The average molecular weight is 175 g/mol. The van der Waals surface area contributed by atoms with Crippen LogP contribution >= 0.6 is 0 Å². The topological polar surface area (TPSA) is 50.2 Å². The summed E-state index contributed by atoms with van der Waals surface area (Å²) < 4.78 is 0. The van der Waals surface area contributed by atoms with Crippen LogP contribution in [0.1, 0.15) is 28.0 Å². The summed E-state index contributed by atoms with van der Waals surface area (Å²) in [5.41, 5.74) is 2.18. The number of hydrogen-bond acceptors (Lipinski definition) is 2. The lowest BCUT2D eigenvalue weighted by Gasteiger charge is -2.08. The predicted octanol–water partition coefficient (Wildman–Crippen LogP) is 1.74. The van der Waals surface area contributed by atoms with Gasteiger partial charge in [0.1, 0.15) is 0 Å². The largest absolute Gasteiger partial charge is 0.478 e. The number of rotatable bonds is 1. The second-order valence-electron chi connectivity index (χ2n) is 3.01. The van der Waals surface area contributed by atoms with Crippen molar-refractivity contribution in [1.29, 1.82) is 0 Å². The Labute approximate surface area is 75.7 Å². The number of carbonyl (C=O) groups is 1. The molecule has 1 heterocycles. The van der Waals surface area contributed by atoms with Gasteiger partial charge in [0.2, 0.25) is 0 Å². The molecule has 0 saturated carbocycles. The second kappa shape index (κ2) is 3.01. The predicted molar refractivity (Wildman–Crippen MR) is 48.6 cm³/mol. The minimum atomic E-state index is -0.922. The molecule has 3 heteroatoms. The standard InChI is InChI=1S/C10H9NO2/c12-10(13)8-5-7-3-1-2-4-9(7)11-6-8/h1,3,5-6H,2,4H2,(H,12,13). The van der Waals surface area contributed by atoms with E-state index in [0.29, 0.717) is 0 Å². The van der Waals surface area contributed by atoms with Gasteiger partial charge in [0.05, 0.1) is 5.56 Å². The van der Waals surface area contributed by atoms with Crippen LogP contribution in [0.2, 0.25) is 0 Å². The van der Waals surface area contributed by atoms with Gasteiger partial charge in [-0.05, 0) is 24.5 Å². The Morgan fingerprint density at radius 2 is 2.38 bits per heavy atom. The van der Waals surface area contributed by atoms with Crippen LogP contribution in [0.25, 0.3) is 6.08 Å². The smallest absolute Gasteiger partial charge is 0.337 e. The molecule has 0 saturated heterocycles. The van der Waals surface area contributed by atoms with Crippen molar-refractivity contribution >= 4 is 12.0 Å². The first kappa shape index (κ1) is 7.98. The fourth-order valence-electron chi connectivity index (χ4n) is 1.41. The summed E-state index contributed by atoms with van der Waals surface area (Å²) in [5, 5.41) is 8.72. The molecule has 0 amide bonds. The molecule has 0 aliphatic heterocycles. The van der Waals surface area contributed by atoms with Crippen LogP contribution in [-0.2, 0) is 6.42 Å². The molecule has 1 aromatic rings. The molecule has 0 unspecified atom stereocenters. The summed E-state index contributed by atoms with van der Waals surface area (Å²) in [6.07, 6.45) is 7.28. The van der Waals surface area contributed by atoms with E-state index in [4.69, 9.17) is 5.11 Å². The third kappa shape index (κ3) is 1.45. The van der Waals surface area contributed by atoms with Crippen LogP contribution in [-0.4, -0.2) is 16.1 Å². The van der Waals surface area contributed by atoms with Crippen LogP contribution in [0.15, 0.2) is 18.3 Å². The summed E-state index contributed by atoms with van der Waals surface area (Å²) in [5.74, 6) is -0.922. The fraction of sp³-hybridized carbons (Fsp3) is 0.200. The minimum absolute atomic E-state index is 0.255. The SMILES string of the molecule is O=C(O)c1cnc2c(c1)C=CCC2. The highest BCUT2D eigenvalue weighted by atomic mass is 16.4. The zero-order chi connectivity index (χ0) is 9.26. The summed E-state index contributed by atoms with van der Waals surface area (Å²) >= 11 is 0. The Morgan fingerprint density at radius 3 is 3.15 bits per heavy atom. The molecule has 2 rings (SSSR count). The van der Waals surface area contributed by atoms with E-state index in [-0.39, 0.29) is 5.56 Å². The number of aryl methyl sites for hydroxylation is 1. The molecule has 13 heavy (non-hydrogen) atoms. The number of carboxylic acids is 1. The van der Waals surface area contributed by atoms with Crippen molar-refractivity contribution in [3.8, 4) is 0 Å². The van der Waals surface area contributed by atoms with Gasteiger partial charge in [-0.1, -0.05) is 12.2 Å². The summed E-state index contributed by atoms with van der Waals surface area (Å²) in [6, 6.07) is 1.67. The quantitative estimate of drug-likeness (QED) is 0.707. The lowest BCUT2D eigenvalue weighted by molar-refractivity contribution is 0.0696. The van der Waals surface area contributed by atoms with E-state index in [1.807, 2.05) is 12.2 Å². The van der Waals surface area contributed by atoms with E-state index in [2.05, 4.69) is 4.98 Å². The first-order chi connectivity index (χ1) is 6.27. The molecule has 0 aromatic carbocycles. The van der Waals surface area contributed by atoms with Crippen LogP contribution in [0, 0.1) is 0 Å². The maximum atomic E-state index is 10.6. The van der Waals surface area contributed by atoms with Gasteiger partial charge in [-0.15, -0.1) is 0 Å². The molecule has 0 fully saturated rings. The highest BCUT2D eigenvalue weighted by molar-refractivity contribution is 5.88. The number of aromatic nitrogens is 1. The van der Waals surface area contributed by atoms with E-state index in [9.17, 15) is 4.79 Å². The summed E-state index contributed by atoms with van der Waals surface area (Å²) in [6.45, 7) is 0. The van der Waals surface area contributed by atoms with Crippen molar-refractivity contribution in [3.63, 3.8) is 0 Å². The van der Waals surface area contributed by atoms with E-state index in [0.717, 1.165) is 24.1 Å². The van der Waals surface area contributed by atoms with Crippen molar-refractivity contribution < 1.29 is 9.90 Å². The van der Waals surface area contributed by atoms with Gasteiger partial charge in [0, 0.05) is 11.9 Å². The number of pyridine rings is 1. The minimum Gasteiger partial charge on any atom is -0.478 e. The van der Waals surface area contributed by atoms with Crippen LogP contribution in [0.3, 0.4) is 0 Å². The molecule has 0 radical (unpaired) electrons. The third-order valence-corrected chi connectivity index (χ3v) is 2.10. The molecule has 0 atom stereocenters. The molecule has 1 aliphatic carbocycles. The zero-order valence-electron chi connectivity index (χ0n) is 7.03. The van der Waals surface area contributed by atoms with Crippen molar-refractivity contribution in [2.45, 2.75) is 12.8 Å². The van der Waals surface area contributed by atoms with Crippen molar-refractivity contribution in [3.05, 3.63) is 35.2 Å². The average Bonchev–Trinajstić information content (AvgIpc) is 2.17. The molecule has 3 nitrogen and oxygen atoms in total. The monoisotopic (exact) mass is 175 g/mol. The lowest BCUT2D eigenvalue weighted by Crippen LogP contribution is -2.03. The molecule has 1 aliphatic rings. The maximum Gasteiger partial charge on any atom is 0.337 e. The maximum absolute atomic E-state index is 10.6. The number of fused-ring (bicyclic) bond motifs is 1. The first-order valence-corrected chi connectivity index (χ1v) is 4.16. The number of allylic oxidation sites excluding steroid dienone is 1. The molecule has 1 N–H and O–H groups in total. The third-order valence-electron chi connectivity index (χ3n) is 2.10. The highest BCUT2D eigenvalue weighted by Crippen LogP contribution is 2.17. The highest BCUT2D eigenvalue weighted by Gasteiger charge is 2.09. The molecule has 0 bridgehead atoms. The summed E-state index contributed by atoms with van der Waals surface area (Å²) in [4.78, 5) is 14.7. The lowest BCUT2D eigenvalue weighted by atomic mass is 10.0.